The first-order valence-corrected chi connectivity index (χ1v) is 17.4. The van der Waals surface area contributed by atoms with Crippen LogP contribution in [-0.4, -0.2) is 64.4 Å². The Kier molecular flexibility index (Phi) is 10.1. The molecule has 1 saturated heterocycles. The van der Waals surface area contributed by atoms with Gasteiger partial charge in [0.1, 0.15) is 0 Å². The molecule has 3 aliphatic rings. The van der Waals surface area contributed by atoms with E-state index in [9.17, 15) is 32.2 Å². The standard InChI is InChI=1S/C37H45F6N5O2/c1-35(2)18-27-30(28(50)19-35)29(22-8-12-36(39,40)13-9-22)31(32(38)23-4-6-25(7-5-23)37(41,42)43)33(46-27)24-10-14-48(15-11-24)34-44-20-26(21-45-34)47(3)16-17-49/h4-7,20-22,24,28,32,49-50H,8-19H2,1-3H3/t28-,32?/m0/s1. The zero-order valence-corrected chi connectivity index (χ0v) is 28.7. The Morgan fingerprint density at radius 2 is 1.58 bits per heavy atom. The Balaban J connectivity index is 1.41. The second kappa shape index (κ2) is 13.9. The van der Waals surface area contributed by atoms with Crippen LogP contribution in [0.5, 0.6) is 0 Å². The van der Waals surface area contributed by atoms with Gasteiger partial charge in [-0.25, -0.2) is 23.1 Å². The van der Waals surface area contributed by atoms with E-state index in [4.69, 9.17) is 4.98 Å². The average Bonchev–Trinajstić information content (AvgIpc) is 3.06. The quantitative estimate of drug-likeness (QED) is 0.230. The van der Waals surface area contributed by atoms with Crippen molar-refractivity contribution < 1.29 is 36.6 Å². The number of halogens is 6. The molecule has 0 amide bonds. The normalized spacial score (nSPS) is 21.9. The summed E-state index contributed by atoms with van der Waals surface area (Å²) in [6.07, 6.45) is -2.57. The number of likely N-dealkylation sites (N-methyl/N-ethyl adjacent to an activating group) is 1. The molecule has 0 spiro atoms. The summed E-state index contributed by atoms with van der Waals surface area (Å²) in [4.78, 5) is 18.0. The van der Waals surface area contributed by atoms with Crippen LogP contribution in [0.15, 0.2) is 36.7 Å². The maximum absolute atomic E-state index is 17.2. The molecule has 3 aromatic rings. The number of hydrogen-bond acceptors (Lipinski definition) is 7. The molecule has 1 unspecified atom stereocenters. The van der Waals surface area contributed by atoms with E-state index in [0.29, 0.717) is 73.8 Å². The summed E-state index contributed by atoms with van der Waals surface area (Å²) >= 11 is 0. The van der Waals surface area contributed by atoms with Gasteiger partial charge >= 0.3 is 6.18 Å². The number of pyridine rings is 1. The maximum atomic E-state index is 17.2. The lowest BCUT2D eigenvalue weighted by Gasteiger charge is -2.41. The molecule has 1 saturated carbocycles. The Labute approximate surface area is 288 Å². The highest BCUT2D eigenvalue weighted by atomic mass is 19.4. The largest absolute Gasteiger partial charge is 0.416 e. The van der Waals surface area contributed by atoms with Crippen LogP contribution in [0.25, 0.3) is 0 Å². The third-order valence-corrected chi connectivity index (χ3v) is 10.7. The van der Waals surface area contributed by atoms with E-state index >= 15 is 4.39 Å². The molecule has 3 heterocycles. The topological polar surface area (TPSA) is 85.6 Å². The summed E-state index contributed by atoms with van der Waals surface area (Å²) in [5.41, 5.74) is 1.95. The molecule has 7 nitrogen and oxygen atoms in total. The molecule has 2 fully saturated rings. The highest BCUT2D eigenvalue weighted by molar-refractivity contribution is 5.51. The molecule has 6 rings (SSSR count). The molecule has 272 valence electrons. The second-order valence-corrected chi connectivity index (χ2v) is 15.0. The van der Waals surface area contributed by atoms with Gasteiger partial charge in [0.15, 0.2) is 6.17 Å². The fraction of sp³-hybridized carbons (Fsp3) is 0.595. The number of anilines is 2. The lowest BCUT2D eigenvalue weighted by Crippen LogP contribution is -2.36. The fourth-order valence-corrected chi connectivity index (χ4v) is 8.02. The number of aliphatic hydroxyl groups is 2. The van der Waals surface area contributed by atoms with Crippen molar-refractivity contribution in [3.8, 4) is 0 Å². The number of piperidine rings is 1. The van der Waals surface area contributed by atoms with E-state index in [-0.39, 0.29) is 54.7 Å². The minimum atomic E-state index is -4.59. The van der Waals surface area contributed by atoms with E-state index in [2.05, 4.69) is 9.97 Å². The van der Waals surface area contributed by atoms with Crippen LogP contribution in [0, 0.1) is 5.41 Å². The summed E-state index contributed by atoms with van der Waals surface area (Å²) in [5, 5.41) is 20.8. The van der Waals surface area contributed by atoms with Crippen molar-refractivity contribution in [2.24, 2.45) is 5.41 Å². The number of aromatic nitrogens is 3. The molecule has 2 aromatic heterocycles. The summed E-state index contributed by atoms with van der Waals surface area (Å²) in [7, 11) is 1.83. The van der Waals surface area contributed by atoms with Gasteiger partial charge in [0.05, 0.1) is 42.0 Å². The first kappa shape index (κ1) is 36.3. The van der Waals surface area contributed by atoms with Gasteiger partial charge in [0.25, 0.3) is 0 Å². The van der Waals surface area contributed by atoms with Gasteiger partial charge in [-0.1, -0.05) is 26.0 Å². The van der Waals surface area contributed by atoms with Crippen molar-refractivity contribution in [1.29, 1.82) is 0 Å². The Bertz CT molecular complexity index is 1630. The summed E-state index contributed by atoms with van der Waals surface area (Å²) in [6.45, 7) is 5.55. The fourth-order valence-electron chi connectivity index (χ4n) is 8.02. The zero-order chi connectivity index (χ0) is 36.0. The summed E-state index contributed by atoms with van der Waals surface area (Å²) in [5.74, 6) is -3.00. The van der Waals surface area contributed by atoms with E-state index in [1.807, 2.05) is 30.7 Å². The van der Waals surface area contributed by atoms with E-state index in [0.717, 1.165) is 30.0 Å². The van der Waals surface area contributed by atoms with Gasteiger partial charge in [0, 0.05) is 62.3 Å². The predicted molar refractivity (Wildman–Crippen MR) is 178 cm³/mol. The SMILES string of the molecule is CN(CCO)c1cnc(N2CCC(c3nc4c(c(C5CCC(F)(F)CC5)c3C(F)c3ccc(C(F)(F)F)cc3)[C@@H](O)CC(C)(C)C4)CC2)nc1. The lowest BCUT2D eigenvalue weighted by molar-refractivity contribution is -0.137. The molecule has 1 aromatic carbocycles. The molecular formula is C37H45F6N5O2. The van der Waals surface area contributed by atoms with Gasteiger partial charge in [-0.2, -0.15) is 13.2 Å². The molecule has 13 heteroatoms. The molecule has 50 heavy (non-hydrogen) atoms. The summed E-state index contributed by atoms with van der Waals surface area (Å²) < 4.78 is 86.5. The number of rotatable bonds is 8. The van der Waals surface area contributed by atoms with Gasteiger partial charge in [0.2, 0.25) is 11.9 Å². The van der Waals surface area contributed by atoms with Crippen LogP contribution in [0.3, 0.4) is 0 Å². The molecular weight excluding hydrogens is 660 g/mol. The predicted octanol–water partition coefficient (Wildman–Crippen LogP) is 8.06. The van der Waals surface area contributed by atoms with E-state index in [1.165, 1.54) is 0 Å². The van der Waals surface area contributed by atoms with Crippen molar-refractivity contribution in [2.45, 2.75) is 101 Å². The first-order chi connectivity index (χ1) is 23.6. The van der Waals surface area contributed by atoms with Gasteiger partial charge in [-0.15, -0.1) is 0 Å². The molecule has 1 aliphatic heterocycles. The van der Waals surface area contributed by atoms with Crippen molar-refractivity contribution in [3.63, 3.8) is 0 Å². The molecule has 0 radical (unpaired) electrons. The molecule has 2 atom stereocenters. The van der Waals surface area contributed by atoms with Crippen LogP contribution in [-0.2, 0) is 12.6 Å². The maximum Gasteiger partial charge on any atom is 0.416 e. The monoisotopic (exact) mass is 705 g/mol. The Morgan fingerprint density at radius 3 is 2.16 bits per heavy atom. The third kappa shape index (κ3) is 7.58. The van der Waals surface area contributed by atoms with E-state index < -0.39 is 35.9 Å². The van der Waals surface area contributed by atoms with Crippen LogP contribution in [0.4, 0.5) is 38.0 Å². The van der Waals surface area contributed by atoms with Crippen LogP contribution in [0.1, 0.15) is 122 Å². The van der Waals surface area contributed by atoms with Crippen molar-refractivity contribution in [3.05, 3.63) is 75.9 Å². The van der Waals surface area contributed by atoms with Crippen LogP contribution in [0.2, 0.25) is 0 Å². The van der Waals surface area contributed by atoms with Crippen molar-refractivity contribution >= 4 is 11.6 Å². The number of hydrogen-bond donors (Lipinski definition) is 2. The number of benzene rings is 1. The van der Waals surface area contributed by atoms with Crippen LogP contribution < -0.4 is 9.80 Å². The summed E-state index contributed by atoms with van der Waals surface area (Å²) in [6, 6.07) is 3.99. The first-order valence-electron chi connectivity index (χ1n) is 17.4. The Hall–Kier alpha value is -3.45. The Morgan fingerprint density at radius 1 is 0.960 bits per heavy atom. The lowest BCUT2D eigenvalue weighted by atomic mass is 9.68. The smallest absolute Gasteiger partial charge is 0.395 e. The van der Waals surface area contributed by atoms with Gasteiger partial charge < -0.3 is 20.0 Å². The number of nitrogens with zero attached hydrogens (tertiary/aromatic N) is 5. The highest BCUT2D eigenvalue weighted by Gasteiger charge is 2.44. The van der Waals surface area contributed by atoms with Gasteiger partial charge in [-0.3, -0.25) is 4.98 Å². The van der Waals surface area contributed by atoms with Crippen molar-refractivity contribution in [1.82, 2.24) is 15.0 Å². The van der Waals surface area contributed by atoms with Crippen molar-refractivity contribution in [2.75, 3.05) is 43.1 Å². The van der Waals surface area contributed by atoms with Crippen LogP contribution >= 0.6 is 0 Å². The molecule has 2 N–H and O–H groups in total. The minimum absolute atomic E-state index is 0.00547. The second-order valence-electron chi connectivity index (χ2n) is 15.0. The zero-order valence-electron chi connectivity index (χ0n) is 28.7. The molecule has 0 bridgehead atoms. The number of alkyl halides is 6. The van der Waals surface area contributed by atoms with E-state index in [1.54, 1.807) is 12.4 Å². The van der Waals surface area contributed by atoms with Gasteiger partial charge in [-0.05, 0) is 73.1 Å². The number of fused-ring (bicyclic) bond motifs is 1. The minimum Gasteiger partial charge on any atom is -0.395 e. The average molecular weight is 706 g/mol. The molecule has 2 aliphatic carbocycles. The number of aliphatic hydroxyl groups excluding tert-OH is 2. The third-order valence-electron chi connectivity index (χ3n) is 10.7. The highest BCUT2D eigenvalue weighted by Crippen LogP contribution is 2.52.